The molecule has 0 saturated heterocycles. The molecule has 0 spiro atoms. The van der Waals surface area contributed by atoms with E-state index >= 15 is 0 Å². The topological polar surface area (TPSA) is 56.6 Å². The number of halogens is 3. The molecule has 0 amide bonds. The lowest BCUT2D eigenvalue weighted by molar-refractivity contribution is -0.137. The van der Waals surface area contributed by atoms with Gasteiger partial charge in [0.2, 0.25) is 5.88 Å². The zero-order valence-electron chi connectivity index (χ0n) is 15.8. The molecule has 0 bridgehead atoms. The zero-order valence-corrected chi connectivity index (χ0v) is 15.8. The van der Waals surface area contributed by atoms with E-state index < -0.39 is 11.7 Å². The van der Waals surface area contributed by atoms with Crippen molar-refractivity contribution in [2.24, 2.45) is 5.16 Å². The molecule has 29 heavy (non-hydrogen) atoms. The fraction of sp³-hybridized carbons (Fsp3) is 0.190. The predicted molar refractivity (Wildman–Crippen MR) is 103 cm³/mol. The number of aryl methyl sites for hydroxylation is 1. The molecule has 3 aromatic rings. The molecule has 0 fully saturated rings. The predicted octanol–water partition coefficient (Wildman–Crippen LogP) is 5.63. The summed E-state index contributed by atoms with van der Waals surface area (Å²) in [5, 5.41) is 11.8. The Labute approximate surface area is 165 Å². The second-order valence-corrected chi connectivity index (χ2v) is 6.11. The van der Waals surface area contributed by atoms with Crippen molar-refractivity contribution >= 4 is 6.21 Å². The van der Waals surface area contributed by atoms with Gasteiger partial charge in [0.15, 0.2) is 0 Å². The minimum Gasteiger partial charge on any atom is -0.437 e. The van der Waals surface area contributed by atoms with Crippen LogP contribution in [0.25, 0.3) is 11.1 Å². The van der Waals surface area contributed by atoms with Crippen LogP contribution in [0, 0.1) is 6.92 Å². The molecular formula is C21H18F3N3O2. The van der Waals surface area contributed by atoms with Gasteiger partial charge < -0.3 is 9.57 Å². The average molecular weight is 401 g/mol. The van der Waals surface area contributed by atoms with E-state index in [9.17, 15) is 13.2 Å². The van der Waals surface area contributed by atoms with Crippen LogP contribution in [0.5, 0.6) is 11.6 Å². The van der Waals surface area contributed by atoms with Crippen LogP contribution in [0.3, 0.4) is 0 Å². The standard InChI is InChI=1S/C21H18F3N3O2/c1-3-28-25-13-15-7-9-18(10-8-15)29-20-19(11-14(2)26-27-20)16-5-4-6-17(12-16)21(22,23)24/h4-13H,3H2,1-2H3/b25-13+. The Kier molecular flexibility index (Phi) is 6.11. The summed E-state index contributed by atoms with van der Waals surface area (Å²) in [6.07, 6.45) is -2.88. The Bertz CT molecular complexity index is 1000. The molecule has 0 unspecified atom stereocenters. The van der Waals surface area contributed by atoms with Gasteiger partial charge in [0.1, 0.15) is 12.4 Å². The Morgan fingerprint density at radius 1 is 1.03 bits per heavy atom. The van der Waals surface area contributed by atoms with Crippen molar-refractivity contribution in [1.29, 1.82) is 0 Å². The second-order valence-electron chi connectivity index (χ2n) is 6.11. The first-order valence-electron chi connectivity index (χ1n) is 8.82. The van der Waals surface area contributed by atoms with Gasteiger partial charge in [0.25, 0.3) is 0 Å². The maximum absolute atomic E-state index is 13.1. The van der Waals surface area contributed by atoms with Gasteiger partial charge in [-0.1, -0.05) is 17.3 Å². The van der Waals surface area contributed by atoms with E-state index in [1.807, 2.05) is 6.92 Å². The van der Waals surface area contributed by atoms with Crippen LogP contribution in [0.2, 0.25) is 0 Å². The van der Waals surface area contributed by atoms with Gasteiger partial charge in [0, 0.05) is 5.56 Å². The van der Waals surface area contributed by atoms with E-state index in [0.717, 1.165) is 17.7 Å². The third-order valence-electron chi connectivity index (χ3n) is 3.88. The molecule has 0 radical (unpaired) electrons. The van der Waals surface area contributed by atoms with Crippen molar-refractivity contribution in [3.63, 3.8) is 0 Å². The average Bonchev–Trinajstić information content (AvgIpc) is 2.70. The van der Waals surface area contributed by atoms with E-state index in [1.54, 1.807) is 49.5 Å². The highest BCUT2D eigenvalue weighted by atomic mass is 19.4. The SMILES string of the molecule is CCO/N=C/c1ccc(Oc2nnc(C)cc2-c2cccc(C(F)(F)F)c2)cc1. The molecule has 8 heteroatoms. The smallest absolute Gasteiger partial charge is 0.416 e. The maximum Gasteiger partial charge on any atom is 0.416 e. The number of rotatable bonds is 6. The lowest BCUT2D eigenvalue weighted by atomic mass is 10.0. The van der Waals surface area contributed by atoms with Crippen molar-refractivity contribution in [2.75, 3.05) is 6.61 Å². The summed E-state index contributed by atoms with van der Waals surface area (Å²) in [6, 6.07) is 13.6. The third-order valence-corrected chi connectivity index (χ3v) is 3.88. The van der Waals surface area contributed by atoms with Gasteiger partial charge in [-0.25, -0.2) is 0 Å². The van der Waals surface area contributed by atoms with Crippen LogP contribution < -0.4 is 4.74 Å². The molecule has 0 saturated carbocycles. The summed E-state index contributed by atoms with van der Waals surface area (Å²) in [4.78, 5) is 4.91. The molecule has 2 aromatic carbocycles. The Morgan fingerprint density at radius 3 is 2.48 bits per heavy atom. The normalized spacial score (nSPS) is 11.6. The Hall–Kier alpha value is -3.42. The summed E-state index contributed by atoms with van der Waals surface area (Å²) in [5.74, 6) is 0.579. The van der Waals surface area contributed by atoms with Crippen molar-refractivity contribution in [3.05, 3.63) is 71.4 Å². The zero-order chi connectivity index (χ0) is 20.9. The fourth-order valence-corrected chi connectivity index (χ4v) is 2.53. The van der Waals surface area contributed by atoms with Gasteiger partial charge in [-0.15, -0.1) is 5.10 Å². The number of ether oxygens (including phenoxy) is 1. The van der Waals surface area contributed by atoms with Gasteiger partial charge >= 0.3 is 6.18 Å². The number of nitrogens with zero attached hydrogens (tertiary/aromatic N) is 3. The quantitative estimate of drug-likeness (QED) is 0.397. The van der Waals surface area contributed by atoms with Crippen LogP contribution in [0.1, 0.15) is 23.7 Å². The highest BCUT2D eigenvalue weighted by Crippen LogP contribution is 2.36. The van der Waals surface area contributed by atoms with Crippen LogP contribution in [-0.4, -0.2) is 23.0 Å². The van der Waals surface area contributed by atoms with Crippen LogP contribution in [0.15, 0.2) is 59.8 Å². The van der Waals surface area contributed by atoms with Crippen LogP contribution >= 0.6 is 0 Å². The highest BCUT2D eigenvalue weighted by Gasteiger charge is 2.30. The van der Waals surface area contributed by atoms with Gasteiger partial charge in [-0.3, -0.25) is 0 Å². The van der Waals surface area contributed by atoms with Gasteiger partial charge in [-0.05, 0) is 67.4 Å². The number of alkyl halides is 3. The van der Waals surface area contributed by atoms with Crippen LogP contribution in [-0.2, 0) is 11.0 Å². The molecule has 5 nitrogen and oxygen atoms in total. The molecule has 0 atom stereocenters. The van der Waals surface area contributed by atoms with Crippen molar-refractivity contribution in [1.82, 2.24) is 10.2 Å². The molecule has 1 heterocycles. The van der Waals surface area contributed by atoms with E-state index in [2.05, 4.69) is 15.4 Å². The first-order chi connectivity index (χ1) is 13.9. The number of benzene rings is 2. The minimum atomic E-state index is -4.44. The summed E-state index contributed by atoms with van der Waals surface area (Å²) < 4.78 is 45.0. The highest BCUT2D eigenvalue weighted by molar-refractivity contribution is 5.79. The number of oxime groups is 1. The van der Waals surface area contributed by atoms with Crippen molar-refractivity contribution in [3.8, 4) is 22.8 Å². The van der Waals surface area contributed by atoms with Gasteiger partial charge in [0.05, 0.1) is 17.5 Å². The minimum absolute atomic E-state index is 0.116. The lowest BCUT2D eigenvalue weighted by Gasteiger charge is -2.12. The summed E-state index contributed by atoms with van der Waals surface area (Å²) in [5.41, 5.74) is 1.39. The summed E-state index contributed by atoms with van der Waals surface area (Å²) in [7, 11) is 0. The van der Waals surface area contributed by atoms with E-state index in [0.29, 0.717) is 29.2 Å². The Balaban J connectivity index is 1.90. The molecule has 1 aromatic heterocycles. The molecule has 0 aliphatic carbocycles. The molecule has 0 aliphatic heterocycles. The monoisotopic (exact) mass is 401 g/mol. The molecule has 0 N–H and O–H groups in total. The van der Waals surface area contributed by atoms with Crippen LogP contribution in [0.4, 0.5) is 13.2 Å². The molecule has 0 aliphatic rings. The number of aromatic nitrogens is 2. The second kappa shape index (κ2) is 8.72. The summed E-state index contributed by atoms with van der Waals surface area (Å²) in [6.45, 7) is 4.02. The van der Waals surface area contributed by atoms with Crippen molar-refractivity contribution < 1.29 is 22.7 Å². The third kappa shape index (κ3) is 5.31. The lowest BCUT2D eigenvalue weighted by Crippen LogP contribution is -2.05. The van der Waals surface area contributed by atoms with Crippen molar-refractivity contribution in [2.45, 2.75) is 20.0 Å². The first kappa shape index (κ1) is 20.3. The maximum atomic E-state index is 13.1. The van der Waals surface area contributed by atoms with Gasteiger partial charge in [-0.2, -0.15) is 18.3 Å². The molecule has 3 rings (SSSR count). The molecular weight excluding hydrogens is 383 g/mol. The first-order valence-corrected chi connectivity index (χ1v) is 8.82. The number of hydrogen-bond donors (Lipinski definition) is 0. The Morgan fingerprint density at radius 2 is 1.79 bits per heavy atom. The molecule has 150 valence electrons. The fourth-order valence-electron chi connectivity index (χ4n) is 2.53. The van der Waals surface area contributed by atoms with E-state index in [-0.39, 0.29) is 5.88 Å². The van der Waals surface area contributed by atoms with E-state index in [4.69, 9.17) is 9.57 Å². The summed E-state index contributed by atoms with van der Waals surface area (Å²) >= 11 is 0. The largest absolute Gasteiger partial charge is 0.437 e. The number of hydrogen-bond acceptors (Lipinski definition) is 5. The van der Waals surface area contributed by atoms with E-state index in [1.165, 1.54) is 6.07 Å².